The first-order chi connectivity index (χ1) is 12.6. The topological polar surface area (TPSA) is 81.4 Å². The molecule has 1 heterocycles. The predicted octanol–water partition coefficient (Wildman–Crippen LogP) is 3.49. The summed E-state index contributed by atoms with van der Waals surface area (Å²) >= 11 is 1.48. The molecule has 3 rings (SSSR count). The van der Waals surface area contributed by atoms with E-state index in [0.29, 0.717) is 11.3 Å². The minimum Gasteiger partial charge on any atom is -0.452 e. The second-order valence-electron chi connectivity index (χ2n) is 6.34. The highest BCUT2D eigenvalue weighted by atomic mass is 32.2. The molecule has 1 amide bonds. The summed E-state index contributed by atoms with van der Waals surface area (Å²) in [5.41, 5.74) is 1.26. The number of hydrogen-bond donors (Lipinski definition) is 1. The van der Waals surface area contributed by atoms with Crippen LogP contribution in [0, 0.1) is 6.92 Å². The van der Waals surface area contributed by atoms with Crippen LogP contribution in [0.15, 0.2) is 39.8 Å². The van der Waals surface area contributed by atoms with Crippen molar-refractivity contribution in [3.63, 3.8) is 0 Å². The van der Waals surface area contributed by atoms with Crippen LogP contribution in [-0.4, -0.2) is 29.7 Å². The Morgan fingerprint density at radius 3 is 2.81 bits per heavy atom. The molecule has 26 heavy (non-hydrogen) atoms. The first-order valence-corrected chi connectivity index (χ1v) is 9.71. The molecule has 1 aromatic carbocycles. The van der Waals surface area contributed by atoms with Gasteiger partial charge in [-0.05, 0) is 31.9 Å². The lowest BCUT2D eigenvalue weighted by atomic mass is 10.2. The molecule has 6 nitrogen and oxygen atoms in total. The molecule has 0 aliphatic heterocycles. The zero-order valence-corrected chi connectivity index (χ0v) is 15.5. The van der Waals surface area contributed by atoms with E-state index in [-0.39, 0.29) is 18.6 Å². The smallest absolute Gasteiger partial charge is 0.339 e. The van der Waals surface area contributed by atoms with Crippen molar-refractivity contribution in [2.45, 2.75) is 49.3 Å². The van der Waals surface area contributed by atoms with E-state index in [1.165, 1.54) is 11.8 Å². The van der Waals surface area contributed by atoms with Gasteiger partial charge < -0.3 is 14.6 Å². The molecule has 0 saturated heterocycles. The molecule has 1 aliphatic carbocycles. The summed E-state index contributed by atoms with van der Waals surface area (Å²) in [5, 5.41) is 6.86. The molecular weight excluding hydrogens is 352 g/mol. The molecule has 7 heteroatoms. The monoisotopic (exact) mass is 374 g/mol. The van der Waals surface area contributed by atoms with Gasteiger partial charge >= 0.3 is 5.97 Å². The Labute approximate surface area is 156 Å². The molecule has 0 spiro atoms. The lowest BCUT2D eigenvalue weighted by Crippen LogP contribution is -2.35. The van der Waals surface area contributed by atoms with Crippen LogP contribution in [0.2, 0.25) is 0 Å². The SMILES string of the molecule is Cc1cc(CSc2ccccc2C(=O)OCC(=O)NC2CCCC2)no1. The number of hydrogen-bond acceptors (Lipinski definition) is 6. The first kappa shape index (κ1) is 18.5. The number of nitrogens with zero attached hydrogens (tertiary/aromatic N) is 1. The van der Waals surface area contributed by atoms with E-state index in [2.05, 4.69) is 10.5 Å². The number of thioether (sulfide) groups is 1. The minimum absolute atomic E-state index is 0.218. The van der Waals surface area contributed by atoms with Crippen molar-refractivity contribution in [3.05, 3.63) is 47.3 Å². The second kappa shape index (κ2) is 8.89. The molecule has 1 fully saturated rings. The van der Waals surface area contributed by atoms with E-state index >= 15 is 0 Å². The van der Waals surface area contributed by atoms with Gasteiger partial charge in [0.25, 0.3) is 5.91 Å². The van der Waals surface area contributed by atoms with Gasteiger partial charge in [-0.2, -0.15) is 0 Å². The summed E-state index contributed by atoms with van der Waals surface area (Å²) in [7, 11) is 0. The number of amides is 1. The van der Waals surface area contributed by atoms with E-state index in [4.69, 9.17) is 9.26 Å². The average molecular weight is 374 g/mol. The number of aromatic nitrogens is 1. The largest absolute Gasteiger partial charge is 0.452 e. The molecule has 0 bridgehead atoms. The number of rotatable bonds is 7. The number of benzene rings is 1. The summed E-state index contributed by atoms with van der Waals surface area (Å²) < 4.78 is 10.2. The maximum atomic E-state index is 12.4. The summed E-state index contributed by atoms with van der Waals surface area (Å²) in [6.07, 6.45) is 4.28. The zero-order valence-electron chi connectivity index (χ0n) is 14.7. The van der Waals surface area contributed by atoms with Crippen molar-refractivity contribution in [2.24, 2.45) is 0 Å². The first-order valence-electron chi connectivity index (χ1n) is 8.72. The van der Waals surface area contributed by atoms with E-state index < -0.39 is 5.97 Å². The van der Waals surface area contributed by atoms with Gasteiger partial charge in [0.1, 0.15) is 5.76 Å². The normalized spacial score (nSPS) is 14.3. The molecule has 138 valence electrons. The Balaban J connectivity index is 1.54. The molecule has 0 unspecified atom stereocenters. The van der Waals surface area contributed by atoms with Gasteiger partial charge in [-0.1, -0.05) is 30.1 Å². The number of nitrogens with one attached hydrogen (secondary N) is 1. The van der Waals surface area contributed by atoms with Gasteiger partial charge in [-0.15, -0.1) is 11.8 Å². The van der Waals surface area contributed by atoms with Gasteiger partial charge in [-0.3, -0.25) is 4.79 Å². The molecular formula is C19H22N2O4S. The van der Waals surface area contributed by atoms with E-state index in [0.717, 1.165) is 42.0 Å². The van der Waals surface area contributed by atoms with Crippen LogP contribution in [0.5, 0.6) is 0 Å². The van der Waals surface area contributed by atoms with Crippen molar-refractivity contribution >= 4 is 23.6 Å². The Morgan fingerprint density at radius 2 is 2.08 bits per heavy atom. The third kappa shape index (κ3) is 5.11. The average Bonchev–Trinajstić information content (AvgIpc) is 3.30. The van der Waals surface area contributed by atoms with Crippen LogP contribution in [0.3, 0.4) is 0 Å². The number of aryl methyl sites for hydroxylation is 1. The second-order valence-corrected chi connectivity index (χ2v) is 7.36. The Morgan fingerprint density at radius 1 is 1.31 bits per heavy atom. The van der Waals surface area contributed by atoms with Gasteiger partial charge in [0.2, 0.25) is 0 Å². The van der Waals surface area contributed by atoms with E-state index in [1.54, 1.807) is 12.1 Å². The molecule has 1 saturated carbocycles. The van der Waals surface area contributed by atoms with E-state index in [9.17, 15) is 9.59 Å². The lowest BCUT2D eigenvalue weighted by molar-refractivity contribution is -0.124. The van der Waals surface area contributed by atoms with E-state index in [1.807, 2.05) is 25.1 Å². The van der Waals surface area contributed by atoms with Crippen molar-refractivity contribution < 1.29 is 18.8 Å². The number of ether oxygens (including phenoxy) is 1. The van der Waals surface area contributed by atoms with Gasteiger partial charge in [-0.25, -0.2) is 4.79 Å². The van der Waals surface area contributed by atoms with Gasteiger partial charge in [0, 0.05) is 22.8 Å². The van der Waals surface area contributed by atoms with Crippen LogP contribution in [-0.2, 0) is 15.3 Å². The molecule has 2 aromatic rings. The summed E-state index contributed by atoms with van der Waals surface area (Å²) in [6.45, 7) is 1.58. The van der Waals surface area contributed by atoms with Crippen LogP contribution in [0.1, 0.15) is 47.5 Å². The van der Waals surface area contributed by atoms with Gasteiger partial charge in [0.15, 0.2) is 6.61 Å². The third-order valence-corrected chi connectivity index (χ3v) is 5.32. The Bertz CT molecular complexity index is 768. The maximum Gasteiger partial charge on any atom is 0.339 e. The van der Waals surface area contributed by atoms with Crippen molar-refractivity contribution in [2.75, 3.05) is 6.61 Å². The van der Waals surface area contributed by atoms with Crippen LogP contribution >= 0.6 is 11.8 Å². The fourth-order valence-corrected chi connectivity index (χ4v) is 3.87. The predicted molar refractivity (Wildman–Crippen MR) is 97.9 cm³/mol. The van der Waals surface area contributed by atoms with Crippen LogP contribution < -0.4 is 5.32 Å². The molecule has 0 radical (unpaired) electrons. The quantitative estimate of drug-likeness (QED) is 0.590. The molecule has 1 aliphatic rings. The number of carbonyl (C=O) groups is 2. The van der Waals surface area contributed by atoms with Crippen LogP contribution in [0.4, 0.5) is 0 Å². The molecule has 1 aromatic heterocycles. The summed E-state index contributed by atoms with van der Waals surface area (Å²) in [4.78, 5) is 25.1. The Kier molecular flexibility index (Phi) is 6.33. The lowest BCUT2D eigenvalue weighted by Gasteiger charge is -2.12. The third-order valence-electron chi connectivity index (χ3n) is 4.21. The van der Waals surface area contributed by atoms with Crippen molar-refractivity contribution in [1.29, 1.82) is 0 Å². The van der Waals surface area contributed by atoms with Crippen LogP contribution in [0.25, 0.3) is 0 Å². The number of esters is 1. The number of carbonyl (C=O) groups excluding carboxylic acids is 2. The molecule has 1 N–H and O–H groups in total. The Hall–Kier alpha value is -2.28. The maximum absolute atomic E-state index is 12.4. The zero-order chi connectivity index (χ0) is 18.4. The highest BCUT2D eigenvalue weighted by Gasteiger charge is 2.19. The fraction of sp³-hybridized carbons (Fsp3) is 0.421. The fourth-order valence-electron chi connectivity index (χ4n) is 2.95. The van der Waals surface area contributed by atoms with Gasteiger partial charge in [0.05, 0.1) is 11.3 Å². The highest BCUT2D eigenvalue weighted by molar-refractivity contribution is 7.98. The minimum atomic E-state index is -0.494. The molecule has 0 atom stereocenters. The van der Waals surface area contributed by atoms with Crippen molar-refractivity contribution in [1.82, 2.24) is 10.5 Å². The van der Waals surface area contributed by atoms with Crippen molar-refractivity contribution in [3.8, 4) is 0 Å². The summed E-state index contributed by atoms with van der Waals surface area (Å²) in [5.74, 6) is 0.602. The standard InChI is InChI=1S/C19H22N2O4S/c1-13-10-15(21-25-13)12-26-17-9-5-4-8-16(17)19(23)24-11-18(22)20-14-6-2-3-7-14/h4-5,8-10,14H,2-3,6-7,11-12H2,1H3,(H,20,22). The highest BCUT2D eigenvalue weighted by Crippen LogP contribution is 2.26. The summed E-state index contributed by atoms with van der Waals surface area (Å²) in [6, 6.07) is 9.27.